The van der Waals surface area contributed by atoms with Gasteiger partial charge in [0.15, 0.2) is 0 Å². The summed E-state index contributed by atoms with van der Waals surface area (Å²) < 4.78 is 16.7. The molecule has 2 atom stereocenters. The lowest BCUT2D eigenvalue weighted by atomic mass is 10.2. The van der Waals surface area contributed by atoms with Gasteiger partial charge in [-0.25, -0.2) is 0 Å². The molecule has 0 fully saturated rings. The van der Waals surface area contributed by atoms with Gasteiger partial charge < -0.3 is 15.8 Å². The van der Waals surface area contributed by atoms with Gasteiger partial charge in [-0.05, 0) is 39.3 Å². The molecule has 5 heteroatoms. The zero-order valence-corrected chi connectivity index (χ0v) is 12.9. The summed E-state index contributed by atoms with van der Waals surface area (Å²) in [6.07, 6.45) is 2.69. The highest BCUT2D eigenvalue weighted by molar-refractivity contribution is 7.84. The Morgan fingerprint density at radius 3 is 2.63 bits per heavy atom. The minimum atomic E-state index is -0.745. The number of hydrogen-bond acceptors (Lipinski definition) is 4. The first-order valence-corrected chi connectivity index (χ1v) is 8.24. The third kappa shape index (κ3) is 5.96. The van der Waals surface area contributed by atoms with E-state index in [1.165, 1.54) is 0 Å². The van der Waals surface area contributed by atoms with Crippen molar-refractivity contribution in [1.82, 2.24) is 0 Å². The highest BCUT2D eigenvalue weighted by atomic mass is 32.2. The van der Waals surface area contributed by atoms with Crippen molar-refractivity contribution in [3.8, 4) is 5.75 Å². The van der Waals surface area contributed by atoms with Crippen LogP contribution in [-0.4, -0.2) is 28.4 Å². The first-order valence-electron chi connectivity index (χ1n) is 6.51. The second-order valence-electron chi connectivity index (χ2n) is 5.03. The van der Waals surface area contributed by atoms with Gasteiger partial charge in [-0.3, -0.25) is 4.21 Å². The Morgan fingerprint density at radius 2 is 2.05 bits per heavy atom. The van der Waals surface area contributed by atoms with E-state index < -0.39 is 10.8 Å². The molecule has 0 aliphatic rings. The maximum Gasteiger partial charge on any atom is 0.144 e. The molecule has 1 aromatic rings. The number of nitrogens with two attached hydrogens (primary N) is 1. The lowest BCUT2D eigenvalue weighted by Gasteiger charge is -2.17. The van der Waals surface area contributed by atoms with E-state index in [0.717, 1.165) is 12.1 Å². The predicted octanol–water partition coefficient (Wildman–Crippen LogP) is 2.63. The Balaban J connectivity index is 2.65. The van der Waals surface area contributed by atoms with Gasteiger partial charge in [-0.1, -0.05) is 0 Å². The van der Waals surface area contributed by atoms with Crippen molar-refractivity contribution < 1.29 is 8.95 Å². The monoisotopic (exact) mass is 284 g/mol. The Kier molecular flexibility index (Phi) is 6.15. The van der Waals surface area contributed by atoms with Crippen molar-refractivity contribution in [3.05, 3.63) is 18.2 Å². The Bertz CT molecular complexity index is 435. The van der Waals surface area contributed by atoms with Gasteiger partial charge >= 0.3 is 0 Å². The zero-order chi connectivity index (χ0) is 14.4. The average molecular weight is 284 g/mol. The van der Waals surface area contributed by atoms with Crippen LogP contribution in [0.15, 0.2) is 18.2 Å². The number of hydrogen-bond donors (Lipinski definition) is 2. The van der Waals surface area contributed by atoms with Crippen molar-refractivity contribution in [1.29, 1.82) is 0 Å². The molecule has 0 bridgehead atoms. The Hall–Kier alpha value is -1.23. The van der Waals surface area contributed by atoms with Gasteiger partial charge in [-0.15, -0.1) is 0 Å². The van der Waals surface area contributed by atoms with Gasteiger partial charge in [0.25, 0.3) is 0 Å². The molecule has 2 unspecified atom stereocenters. The van der Waals surface area contributed by atoms with Crippen LogP contribution in [0.5, 0.6) is 5.75 Å². The summed E-state index contributed by atoms with van der Waals surface area (Å²) in [5.74, 6) is 1.41. The van der Waals surface area contributed by atoms with Gasteiger partial charge in [0.05, 0.1) is 11.8 Å². The first-order chi connectivity index (χ1) is 8.88. The molecule has 19 heavy (non-hydrogen) atoms. The second kappa shape index (κ2) is 7.38. The van der Waals surface area contributed by atoms with Crippen LogP contribution in [0, 0.1) is 0 Å². The average Bonchev–Trinajstić information content (AvgIpc) is 2.30. The lowest BCUT2D eigenvalue weighted by molar-refractivity contribution is 0.244. The Morgan fingerprint density at radius 1 is 1.37 bits per heavy atom. The molecule has 1 rings (SSSR count). The minimum Gasteiger partial charge on any atom is -0.489 e. The third-order valence-corrected chi connectivity index (χ3v) is 3.44. The fourth-order valence-electron chi connectivity index (χ4n) is 1.68. The fourth-order valence-corrected chi connectivity index (χ4v) is 2.37. The van der Waals surface area contributed by atoms with Crippen molar-refractivity contribution in [2.45, 2.75) is 39.3 Å². The summed E-state index contributed by atoms with van der Waals surface area (Å²) in [4.78, 5) is 0. The molecule has 0 saturated heterocycles. The third-order valence-electron chi connectivity index (χ3n) is 2.63. The van der Waals surface area contributed by atoms with E-state index in [0.29, 0.717) is 17.2 Å². The van der Waals surface area contributed by atoms with Crippen molar-refractivity contribution in [2.75, 3.05) is 23.1 Å². The van der Waals surface area contributed by atoms with Crippen LogP contribution in [0.1, 0.15) is 27.2 Å². The molecule has 0 radical (unpaired) electrons. The van der Waals surface area contributed by atoms with Crippen molar-refractivity contribution in [3.63, 3.8) is 0 Å². The highest BCUT2D eigenvalue weighted by Gasteiger charge is 2.07. The number of ether oxygens (including phenoxy) is 1. The molecule has 0 spiro atoms. The highest BCUT2D eigenvalue weighted by Crippen LogP contribution is 2.27. The largest absolute Gasteiger partial charge is 0.489 e. The normalized spacial score (nSPS) is 14.2. The van der Waals surface area contributed by atoms with Crippen LogP contribution in [0.3, 0.4) is 0 Å². The van der Waals surface area contributed by atoms with Crippen molar-refractivity contribution in [2.24, 2.45) is 0 Å². The van der Waals surface area contributed by atoms with E-state index in [1.54, 1.807) is 6.26 Å². The van der Waals surface area contributed by atoms with Gasteiger partial charge in [0, 0.05) is 40.6 Å². The van der Waals surface area contributed by atoms with Crippen LogP contribution < -0.4 is 15.8 Å². The maximum absolute atomic E-state index is 11.1. The Labute approximate surface area is 118 Å². The molecular formula is C14H24N2O2S. The smallest absolute Gasteiger partial charge is 0.144 e. The van der Waals surface area contributed by atoms with Gasteiger partial charge in [0.1, 0.15) is 5.75 Å². The summed E-state index contributed by atoms with van der Waals surface area (Å²) in [6, 6.07) is 5.95. The van der Waals surface area contributed by atoms with Crippen LogP contribution >= 0.6 is 0 Å². The molecule has 0 amide bonds. The molecule has 0 aliphatic heterocycles. The van der Waals surface area contributed by atoms with E-state index in [1.807, 2.05) is 32.0 Å². The van der Waals surface area contributed by atoms with E-state index in [4.69, 9.17) is 10.5 Å². The topological polar surface area (TPSA) is 64.4 Å². The summed E-state index contributed by atoms with van der Waals surface area (Å²) in [5.41, 5.74) is 7.49. The van der Waals surface area contributed by atoms with Crippen LogP contribution in [0.4, 0.5) is 11.4 Å². The standard InChI is InChI=1S/C14H24N2O2S/c1-10(2)18-14-9-12(5-6-13(14)15)16-11(3)7-8-19(4)17/h5-6,9-11,16H,7-8,15H2,1-4H3. The molecule has 0 aliphatic carbocycles. The molecular weight excluding hydrogens is 260 g/mol. The number of nitrogen functional groups attached to an aromatic ring is 1. The number of benzene rings is 1. The predicted molar refractivity (Wildman–Crippen MR) is 83.3 cm³/mol. The minimum absolute atomic E-state index is 0.0949. The molecule has 0 saturated carbocycles. The van der Waals surface area contributed by atoms with Gasteiger partial charge in [-0.2, -0.15) is 0 Å². The number of nitrogens with one attached hydrogen (secondary N) is 1. The molecule has 0 aromatic heterocycles. The maximum atomic E-state index is 11.1. The molecule has 0 heterocycles. The molecule has 108 valence electrons. The molecule has 1 aromatic carbocycles. The van der Waals surface area contributed by atoms with E-state index in [-0.39, 0.29) is 12.1 Å². The fraction of sp³-hybridized carbons (Fsp3) is 0.571. The second-order valence-corrected chi connectivity index (χ2v) is 6.59. The van der Waals surface area contributed by atoms with E-state index >= 15 is 0 Å². The summed E-state index contributed by atoms with van der Waals surface area (Å²) >= 11 is 0. The molecule has 4 nitrogen and oxygen atoms in total. The first kappa shape index (κ1) is 15.8. The van der Waals surface area contributed by atoms with Gasteiger partial charge in [0.2, 0.25) is 0 Å². The quantitative estimate of drug-likeness (QED) is 0.755. The summed E-state index contributed by atoms with van der Waals surface area (Å²) in [7, 11) is -0.745. The van der Waals surface area contributed by atoms with Crippen LogP contribution in [0.2, 0.25) is 0 Å². The van der Waals surface area contributed by atoms with E-state index in [2.05, 4.69) is 12.2 Å². The summed E-state index contributed by atoms with van der Waals surface area (Å²) in [6.45, 7) is 6.02. The SMILES string of the molecule is CC(CCS(C)=O)Nc1ccc(N)c(OC(C)C)c1. The summed E-state index contributed by atoms with van der Waals surface area (Å²) in [5, 5.41) is 3.37. The molecule has 3 N–H and O–H groups in total. The lowest BCUT2D eigenvalue weighted by Crippen LogP contribution is -2.18. The van der Waals surface area contributed by atoms with Crippen LogP contribution in [0.25, 0.3) is 0 Å². The van der Waals surface area contributed by atoms with Crippen LogP contribution in [-0.2, 0) is 10.8 Å². The van der Waals surface area contributed by atoms with Crippen molar-refractivity contribution >= 4 is 22.2 Å². The number of anilines is 2. The van der Waals surface area contributed by atoms with E-state index in [9.17, 15) is 4.21 Å². The zero-order valence-electron chi connectivity index (χ0n) is 12.1. The number of rotatable bonds is 7.